The van der Waals surface area contributed by atoms with Gasteiger partial charge in [-0.1, -0.05) is 29.8 Å². The van der Waals surface area contributed by atoms with Crippen LogP contribution < -0.4 is 5.73 Å². The Bertz CT molecular complexity index is 469. The van der Waals surface area contributed by atoms with Gasteiger partial charge in [0.15, 0.2) is 0 Å². The van der Waals surface area contributed by atoms with Gasteiger partial charge in [0, 0.05) is 26.2 Å². The Morgan fingerprint density at radius 3 is 2.67 bits per heavy atom. The summed E-state index contributed by atoms with van der Waals surface area (Å²) in [6.45, 7) is 7.23. The SMILES string of the molecule is Cc1ccc(CN(C)C(=O)CN2CCC(C(C)N)C2)cc1. The second kappa shape index (κ2) is 7.05. The van der Waals surface area contributed by atoms with E-state index in [4.69, 9.17) is 5.73 Å². The number of carbonyl (C=O) groups is 1. The van der Waals surface area contributed by atoms with E-state index >= 15 is 0 Å². The van der Waals surface area contributed by atoms with Gasteiger partial charge in [0.05, 0.1) is 6.54 Å². The highest BCUT2D eigenvalue weighted by molar-refractivity contribution is 5.78. The van der Waals surface area contributed by atoms with E-state index in [0.717, 1.165) is 19.5 Å². The lowest BCUT2D eigenvalue weighted by Gasteiger charge is -2.22. The van der Waals surface area contributed by atoms with Crippen LogP contribution in [0.3, 0.4) is 0 Å². The summed E-state index contributed by atoms with van der Waals surface area (Å²) in [5.41, 5.74) is 8.36. The van der Waals surface area contributed by atoms with Gasteiger partial charge in [0.2, 0.25) is 5.91 Å². The van der Waals surface area contributed by atoms with Gasteiger partial charge < -0.3 is 10.6 Å². The van der Waals surface area contributed by atoms with Crippen LogP contribution in [0.4, 0.5) is 0 Å². The van der Waals surface area contributed by atoms with Crippen molar-refractivity contribution in [3.05, 3.63) is 35.4 Å². The van der Waals surface area contributed by atoms with Crippen molar-refractivity contribution < 1.29 is 4.79 Å². The number of likely N-dealkylation sites (N-methyl/N-ethyl adjacent to an activating group) is 1. The van der Waals surface area contributed by atoms with E-state index in [9.17, 15) is 4.79 Å². The van der Waals surface area contributed by atoms with Gasteiger partial charge in [0.1, 0.15) is 0 Å². The second-order valence-electron chi connectivity index (χ2n) is 6.38. The minimum atomic E-state index is 0.181. The number of carbonyl (C=O) groups excluding carboxylic acids is 1. The number of likely N-dealkylation sites (tertiary alicyclic amines) is 1. The lowest BCUT2D eigenvalue weighted by molar-refractivity contribution is -0.131. The Morgan fingerprint density at radius 1 is 1.43 bits per heavy atom. The van der Waals surface area contributed by atoms with Gasteiger partial charge in [-0.25, -0.2) is 0 Å². The van der Waals surface area contributed by atoms with Crippen LogP contribution in [0.1, 0.15) is 24.5 Å². The fourth-order valence-electron chi connectivity index (χ4n) is 2.80. The van der Waals surface area contributed by atoms with Crippen LogP contribution >= 0.6 is 0 Å². The van der Waals surface area contributed by atoms with Crippen molar-refractivity contribution in [2.45, 2.75) is 32.9 Å². The third-order valence-corrected chi connectivity index (χ3v) is 4.38. The number of hydrogen-bond acceptors (Lipinski definition) is 3. The topological polar surface area (TPSA) is 49.6 Å². The molecule has 116 valence electrons. The molecule has 0 radical (unpaired) electrons. The zero-order chi connectivity index (χ0) is 15.4. The maximum Gasteiger partial charge on any atom is 0.236 e. The average Bonchev–Trinajstić information content (AvgIpc) is 2.90. The van der Waals surface area contributed by atoms with Gasteiger partial charge in [-0.2, -0.15) is 0 Å². The van der Waals surface area contributed by atoms with E-state index < -0.39 is 0 Å². The molecule has 0 bridgehead atoms. The van der Waals surface area contributed by atoms with Gasteiger partial charge in [-0.3, -0.25) is 9.69 Å². The molecule has 4 heteroatoms. The van der Waals surface area contributed by atoms with Crippen molar-refractivity contribution in [1.82, 2.24) is 9.80 Å². The second-order valence-corrected chi connectivity index (χ2v) is 6.38. The molecule has 21 heavy (non-hydrogen) atoms. The van der Waals surface area contributed by atoms with E-state index in [1.165, 1.54) is 11.1 Å². The van der Waals surface area contributed by atoms with Crippen LogP contribution in [-0.2, 0) is 11.3 Å². The smallest absolute Gasteiger partial charge is 0.236 e. The molecule has 0 spiro atoms. The van der Waals surface area contributed by atoms with Crippen LogP contribution in [-0.4, -0.2) is 48.4 Å². The van der Waals surface area contributed by atoms with E-state index in [1.54, 1.807) is 0 Å². The predicted molar refractivity (Wildman–Crippen MR) is 85.8 cm³/mol. The molecule has 1 aromatic rings. The molecule has 1 heterocycles. The van der Waals surface area contributed by atoms with Gasteiger partial charge in [0.25, 0.3) is 0 Å². The van der Waals surface area contributed by atoms with Crippen molar-refractivity contribution in [3.8, 4) is 0 Å². The highest BCUT2D eigenvalue weighted by Gasteiger charge is 2.27. The van der Waals surface area contributed by atoms with Crippen LogP contribution in [0.2, 0.25) is 0 Å². The number of rotatable bonds is 5. The zero-order valence-corrected chi connectivity index (χ0v) is 13.4. The van der Waals surface area contributed by atoms with Crippen LogP contribution in [0.25, 0.3) is 0 Å². The quantitative estimate of drug-likeness (QED) is 0.896. The number of aryl methyl sites for hydroxylation is 1. The molecule has 1 amide bonds. The van der Waals surface area contributed by atoms with Gasteiger partial charge >= 0.3 is 0 Å². The Labute approximate surface area is 127 Å². The minimum Gasteiger partial charge on any atom is -0.340 e. The number of benzene rings is 1. The molecule has 1 saturated heterocycles. The van der Waals surface area contributed by atoms with Crippen LogP contribution in [0.5, 0.6) is 0 Å². The summed E-state index contributed by atoms with van der Waals surface area (Å²) in [5.74, 6) is 0.709. The summed E-state index contributed by atoms with van der Waals surface area (Å²) in [5, 5.41) is 0. The van der Waals surface area contributed by atoms with Crippen LogP contribution in [0.15, 0.2) is 24.3 Å². The third kappa shape index (κ3) is 4.55. The normalized spacial score (nSPS) is 20.5. The number of amides is 1. The molecule has 1 aromatic carbocycles. The van der Waals surface area contributed by atoms with E-state index in [1.807, 2.05) is 11.9 Å². The van der Waals surface area contributed by atoms with Crippen molar-refractivity contribution in [2.24, 2.45) is 11.7 Å². The first kappa shape index (κ1) is 16.0. The fourth-order valence-corrected chi connectivity index (χ4v) is 2.80. The first-order valence-electron chi connectivity index (χ1n) is 7.73. The van der Waals surface area contributed by atoms with E-state index in [-0.39, 0.29) is 11.9 Å². The van der Waals surface area contributed by atoms with Crippen molar-refractivity contribution in [1.29, 1.82) is 0 Å². The molecule has 2 unspecified atom stereocenters. The summed E-state index contributed by atoms with van der Waals surface area (Å²) in [6.07, 6.45) is 1.10. The maximum atomic E-state index is 12.3. The monoisotopic (exact) mass is 289 g/mol. The highest BCUT2D eigenvalue weighted by Crippen LogP contribution is 2.18. The molecule has 2 rings (SSSR count). The first-order chi connectivity index (χ1) is 9.95. The summed E-state index contributed by atoms with van der Waals surface area (Å²) in [4.78, 5) is 16.3. The van der Waals surface area contributed by atoms with Crippen molar-refractivity contribution >= 4 is 5.91 Å². The predicted octanol–water partition coefficient (Wildman–Crippen LogP) is 1.62. The van der Waals surface area contributed by atoms with Crippen molar-refractivity contribution in [2.75, 3.05) is 26.7 Å². The summed E-state index contributed by atoms with van der Waals surface area (Å²) >= 11 is 0. The standard InChI is InChI=1S/C17H27N3O/c1-13-4-6-15(7-5-13)10-19(3)17(21)12-20-9-8-16(11-20)14(2)18/h4-7,14,16H,8-12,18H2,1-3H3. The molecular formula is C17H27N3O. The molecule has 0 aromatic heterocycles. The Morgan fingerprint density at radius 2 is 2.10 bits per heavy atom. The number of hydrogen-bond donors (Lipinski definition) is 1. The molecule has 1 aliphatic heterocycles. The Kier molecular flexibility index (Phi) is 5.37. The fraction of sp³-hybridized carbons (Fsp3) is 0.588. The molecule has 2 N–H and O–H groups in total. The summed E-state index contributed by atoms with van der Waals surface area (Å²) in [7, 11) is 1.88. The molecule has 2 atom stereocenters. The largest absolute Gasteiger partial charge is 0.340 e. The molecule has 4 nitrogen and oxygen atoms in total. The highest BCUT2D eigenvalue weighted by atomic mass is 16.2. The molecule has 0 saturated carbocycles. The summed E-state index contributed by atoms with van der Waals surface area (Å²) < 4.78 is 0. The Hall–Kier alpha value is -1.39. The molecule has 0 aliphatic carbocycles. The van der Waals surface area contributed by atoms with E-state index in [2.05, 4.69) is 43.0 Å². The molecular weight excluding hydrogens is 262 g/mol. The number of nitrogens with two attached hydrogens (primary N) is 1. The first-order valence-corrected chi connectivity index (χ1v) is 7.73. The van der Waals surface area contributed by atoms with Gasteiger partial charge in [-0.15, -0.1) is 0 Å². The van der Waals surface area contributed by atoms with Crippen molar-refractivity contribution in [3.63, 3.8) is 0 Å². The van der Waals surface area contributed by atoms with Gasteiger partial charge in [-0.05, 0) is 38.3 Å². The maximum absolute atomic E-state index is 12.3. The van der Waals surface area contributed by atoms with Crippen LogP contribution in [0, 0.1) is 12.8 Å². The number of nitrogens with zero attached hydrogens (tertiary/aromatic N) is 2. The lowest BCUT2D eigenvalue weighted by atomic mass is 10.0. The zero-order valence-electron chi connectivity index (χ0n) is 13.4. The molecule has 1 aliphatic rings. The lowest BCUT2D eigenvalue weighted by Crippen LogP contribution is -2.38. The molecule has 1 fully saturated rings. The van der Waals surface area contributed by atoms with E-state index in [0.29, 0.717) is 19.0 Å². The average molecular weight is 289 g/mol. The minimum absolute atomic E-state index is 0.181. The summed E-state index contributed by atoms with van der Waals surface area (Å²) in [6, 6.07) is 8.56. The third-order valence-electron chi connectivity index (χ3n) is 4.38. The Balaban J connectivity index is 1.81.